The van der Waals surface area contributed by atoms with E-state index in [0.29, 0.717) is 39.6 Å². The summed E-state index contributed by atoms with van der Waals surface area (Å²) in [4.78, 5) is 12.6. The van der Waals surface area contributed by atoms with E-state index in [2.05, 4.69) is 21.2 Å². The Morgan fingerprint density at radius 1 is 1.12 bits per heavy atom. The third-order valence-corrected chi connectivity index (χ3v) is 5.24. The fourth-order valence-electron chi connectivity index (χ4n) is 3.00. The van der Waals surface area contributed by atoms with E-state index >= 15 is 0 Å². The lowest BCUT2D eigenvalue weighted by atomic mass is 10.1. The molecule has 0 heterocycles. The summed E-state index contributed by atoms with van der Waals surface area (Å²) in [6.07, 6.45) is 1.47. The first-order valence-electron chi connectivity index (χ1n) is 10.3. The zero-order valence-corrected chi connectivity index (χ0v) is 20.2. The molecule has 3 aromatic rings. The summed E-state index contributed by atoms with van der Waals surface area (Å²) in [5.41, 5.74) is 1.82. The van der Waals surface area contributed by atoms with Crippen molar-refractivity contribution in [3.8, 4) is 23.3 Å². The molecule has 1 N–H and O–H groups in total. The topological polar surface area (TPSA) is 80.6 Å². The molecule has 0 bridgehead atoms. The van der Waals surface area contributed by atoms with Crippen molar-refractivity contribution in [1.29, 1.82) is 5.26 Å². The number of hydrogen-bond acceptors (Lipinski definition) is 5. The summed E-state index contributed by atoms with van der Waals surface area (Å²) in [6, 6.07) is 18.1. The number of nitriles is 1. The maximum absolute atomic E-state index is 13.1. The molecule has 0 fully saturated rings. The molecule has 0 unspecified atom stereocenters. The van der Waals surface area contributed by atoms with E-state index in [-0.39, 0.29) is 18.0 Å². The second kappa shape index (κ2) is 11.9. The van der Waals surface area contributed by atoms with Crippen LogP contribution >= 0.6 is 15.9 Å². The molecule has 8 heteroatoms. The van der Waals surface area contributed by atoms with Crippen molar-refractivity contribution < 1.29 is 23.4 Å². The van der Waals surface area contributed by atoms with Crippen LogP contribution in [0.3, 0.4) is 0 Å². The molecule has 0 saturated heterocycles. The van der Waals surface area contributed by atoms with Gasteiger partial charge in [-0.05, 0) is 88.6 Å². The van der Waals surface area contributed by atoms with Gasteiger partial charge in [0, 0.05) is 5.69 Å². The van der Waals surface area contributed by atoms with Gasteiger partial charge in [0.15, 0.2) is 11.5 Å². The first-order valence-corrected chi connectivity index (χ1v) is 11.1. The lowest BCUT2D eigenvalue weighted by Crippen LogP contribution is -2.13. The summed E-state index contributed by atoms with van der Waals surface area (Å²) in [7, 11) is 1.55. The molecule has 0 aliphatic heterocycles. The fourth-order valence-corrected chi connectivity index (χ4v) is 3.57. The van der Waals surface area contributed by atoms with E-state index in [1.54, 1.807) is 55.6 Å². The molecule has 34 heavy (non-hydrogen) atoms. The molecule has 0 aliphatic rings. The fraction of sp³-hybridized carbons (Fsp3) is 0.154. The number of nitrogens with zero attached hydrogens (tertiary/aromatic N) is 1. The number of benzene rings is 3. The van der Waals surface area contributed by atoms with Gasteiger partial charge in [0.2, 0.25) is 0 Å². The average Bonchev–Trinajstić information content (AvgIpc) is 2.83. The molecule has 3 rings (SSSR count). The number of carbonyl (C=O) groups is 1. The SMILES string of the molecule is CCOc1cc(/C=C(\C#N)C(=O)Nc2ccc(OC)cc2)cc(Br)c1OCc1ccc(F)cc1. The number of methoxy groups -OCH3 is 1. The van der Waals surface area contributed by atoms with Gasteiger partial charge in [-0.1, -0.05) is 12.1 Å². The van der Waals surface area contributed by atoms with Crippen LogP contribution in [0.5, 0.6) is 17.2 Å². The number of amides is 1. The molecule has 1 amide bonds. The van der Waals surface area contributed by atoms with Crippen molar-refractivity contribution >= 4 is 33.6 Å². The number of carbonyl (C=O) groups excluding carboxylic acids is 1. The van der Waals surface area contributed by atoms with Crippen molar-refractivity contribution in [2.45, 2.75) is 13.5 Å². The van der Waals surface area contributed by atoms with Gasteiger partial charge in [0.25, 0.3) is 5.91 Å². The van der Waals surface area contributed by atoms with Crippen molar-refractivity contribution in [2.75, 3.05) is 19.0 Å². The second-order valence-electron chi connectivity index (χ2n) is 7.03. The van der Waals surface area contributed by atoms with E-state index < -0.39 is 5.91 Å². The van der Waals surface area contributed by atoms with Crippen LogP contribution in [0.4, 0.5) is 10.1 Å². The molecule has 0 saturated carbocycles. The minimum atomic E-state index is -0.543. The summed E-state index contributed by atoms with van der Waals surface area (Å²) < 4.78 is 30.4. The quantitative estimate of drug-likeness (QED) is 0.269. The van der Waals surface area contributed by atoms with E-state index in [9.17, 15) is 14.4 Å². The van der Waals surface area contributed by atoms with Gasteiger partial charge < -0.3 is 19.5 Å². The maximum atomic E-state index is 13.1. The number of ether oxygens (including phenoxy) is 3. The predicted molar refractivity (Wildman–Crippen MR) is 131 cm³/mol. The summed E-state index contributed by atoms with van der Waals surface area (Å²) in [6.45, 7) is 2.43. The molecule has 174 valence electrons. The Balaban J connectivity index is 1.81. The van der Waals surface area contributed by atoms with Gasteiger partial charge in [-0.25, -0.2) is 4.39 Å². The first-order chi connectivity index (χ1) is 16.4. The highest BCUT2D eigenvalue weighted by molar-refractivity contribution is 9.10. The number of anilines is 1. The van der Waals surface area contributed by atoms with Gasteiger partial charge in [0.05, 0.1) is 18.2 Å². The molecule has 3 aromatic carbocycles. The second-order valence-corrected chi connectivity index (χ2v) is 7.88. The number of rotatable bonds is 9. The predicted octanol–water partition coefficient (Wildman–Crippen LogP) is 6.12. The average molecular weight is 525 g/mol. The monoisotopic (exact) mass is 524 g/mol. The highest BCUT2D eigenvalue weighted by Crippen LogP contribution is 2.38. The Morgan fingerprint density at radius 3 is 2.44 bits per heavy atom. The third-order valence-electron chi connectivity index (χ3n) is 4.65. The van der Waals surface area contributed by atoms with Crippen molar-refractivity contribution in [3.05, 3.63) is 87.7 Å². The number of halogens is 2. The molecular weight excluding hydrogens is 503 g/mol. The molecule has 0 aromatic heterocycles. The molecule has 0 atom stereocenters. The maximum Gasteiger partial charge on any atom is 0.266 e. The normalized spacial score (nSPS) is 10.9. The third kappa shape index (κ3) is 6.59. The molecule has 0 spiro atoms. The van der Waals surface area contributed by atoms with E-state index in [1.807, 2.05) is 13.0 Å². The smallest absolute Gasteiger partial charge is 0.266 e. The van der Waals surface area contributed by atoms with E-state index in [0.717, 1.165) is 5.56 Å². The van der Waals surface area contributed by atoms with E-state index in [1.165, 1.54) is 18.2 Å². The van der Waals surface area contributed by atoms with Crippen molar-refractivity contribution in [1.82, 2.24) is 0 Å². The minimum absolute atomic E-state index is 0.0786. The largest absolute Gasteiger partial charge is 0.497 e. The zero-order chi connectivity index (χ0) is 24.5. The minimum Gasteiger partial charge on any atom is -0.497 e. The number of hydrogen-bond donors (Lipinski definition) is 1. The Hall–Kier alpha value is -3.83. The van der Waals surface area contributed by atoms with Crippen LogP contribution in [0.2, 0.25) is 0 Å². The van der Waals surface area contributed by atoms with Crippen LogP contribution in [0, 0.1) is 17.1 Å². The standard InChI is InChI=1S/C26H22BrFN2O4/c1-3-33-24-14-18(13-23(27)25(24)34-16-17-4-6-20(28)7-5-17)12-19(15-29)26(31)30-21-8-10-22(32-2)11-9-21/h4-14H,3,16H2,1-2H3,(H,30,31)/b19-12+. The number of nitrogens with one attached hydrogen (secondary N) is 1. The molecular formula is C26H22BrFN2O4. The van der Waals surface area contributed by atoms with Crippen LogP contribution in [-0.4, -0.2) is 19.6 Å². The van der Waals surface area contributed by atoms with Gasteiger partial charge in [0.1, 0.15) is 29.8 Å². The zero-order valence-electron chi connectivity index (χ0n) is 18.6. The van der Waals surface area contributed by atoms with Crippen LogP contribution < -0.4 is 19.5 Å². The van der Waals surface area contributed by atoms with Gasteiger partial charge in [-0.2, -0.15) is 5.26 Å². The Bertz CT molecular complexity index is 1220. The van der Waals surface area contributed by atoms with E-state index in [4.69, 9.17) is 14.2 Å². The Kier molecular flexibility index (Phi) is 8.66. The Morgan fingerprint density at radius 2 is 1.82 bits per heavy atom. The molecule has 0 aliphatic carbocycles. The lowest BCUT2D eigenvalue weighted by molar-refractivity contribution is -0.112. The van der Waals surface area contributed by atoms with Crippen molar-refractivity contribution in [3.63, 3.8) is 0 Å². The Labute approximate surface area is 205 Å². The summed E-state index contributed by atoms with van der Waals surface area (Å²) in [5.74, 6) is 0.700. The molecule has 0 radical (unpaired) electrons. The first kappa shape index (κ1) is 24.8. The van der Waals surface area contributed by atoms with Gasteiger partial charge >= 0.3 is 0 Å². The van der Waals surface area contributed by atoms with Crippen LogP contribution in [0.15, 0.2) is 70.7 Å². The summed E-state index contributed by atoms with van der Waals surface area (Å²) in [5, 5.41) is 12.2. The van der Waals surface area contributed by atoms with Crippen molar-refractivity contribution in [2.24, 2.45) is 0 Å². The van der Waals surface area contributed by atoms with Crippen LogP contribution in [-0.2, 0) is 11.4 Å². The van der Waals surface area contributed by atoms with Gasteiger partial charge in [-0.3, -0.25) is 4.79 Å². The van der Waals surface area contributed by atoms with Crippen LogP contribution in [0.1, 0.15) is 18.1 Å². The van der Waals surface area contributed by atoms with Gasteiger partial charge in [-0.15, -0.1) is 0 Å². The lowest BCUT2D eigenvalue weighted by Gasteiger charge is -2.15. The van der Waals surface area contributed by atoms with Crippen LogP contribution in [0.25, 0.3) is 6.08 Å². The summed E-state index contributed by atoms with van der Waals surface area (Å²) >= 11 is 3.48. The highest BCUT2D eigenvalue weighted by atomic mass is 79.9. The molecule has 6 nitrogen and oxygen atoms in total. The highest BCUT2D eigenvalue weighted by Gasteiger charge is 2.15.